The Labute approximate surface area is 124 Å². The number of nitrogens with zero attached hydrogens (tertiary/aromatic N) is 2. The maximum Gasteiger partial charge on any atom is 0.133 e. The van der Waals surface area contributed by atoms with Crippen LogP contribution in [-0.2, 0) is 11.3 Å². The molecule has 0 radical (unpaired) electrons. The summed E-state index contributed by atoms with van der Waals surface area (Å²) in [5, 5.41) is 10.5. The molecule has 2 heterocycles. The van der Waals surface area contributed by atoms with E-state index >= 15 is 0 Å². The van der Waals surface area contributed by atoms with Gasteiger partial charge in [0.25, 0.3) is 0 Å². The van der Waals surface area contributed by atoms with E-state index in [1.807, 2.05) is 31.2 Å². The topological polar surface area (TPSA) is 71.6 Å². The third-order valence-electron chi connectivity index (χ3n) is 3.83. The fraction of sp³-hybridized carbons (Fsp3) is 0.438. The molecule has 3 N–H and O–H groups in total. The summed E-state index contributed by atoms with van der Waals surface area (Å²) in [5.41, 5.74) is 7.89. The van der Waals surface area contributed by atoms with E-state index in [0.717, 1.165) is 28.8 Å². The van der Waals surface area contributed by atoms with E-state index in [-0.39, 0.29) is 18.8 Å². The second-order valence-electron chi connectivity index (χ2n) is 5.52. The Morgan fingerprint density at radius 1 is 1.38 bits per heavy atom. The van der Waals surface area contributed by atoms with E-state index < -0.39 is 0 Å². The van der Waals surface area contributed by atoms with E-state index in [0.29, 0.717) is 13.1 Å². The first-order valence-electron chi connectivity index (χ1n) is 7.31. The predicted octanol–water partition coefficient (Wildman–Crippen LogP) is 1.28. The van der Waals surface area contributed by atoms with Gasteiger partial charge in [-0.05, 0) is 19.1 Å². The molecule has 1 saturated heterocycles. The second kappa shape index (κ2) is 5.97. The molecular formula is C16H21N3O2. The number of aliphatic hydroxyl groups excluding tert-OH is 1. The van der Waals surface area contributed by atoms with Crippen LogP contribution < -0.4 is 10.6 Å². The molecule has 0 amide bonds. The van der Waals surface area contributed by atoms with Gasteiger partial charge in [0.15, 0.2) is 0 Å². The number of benzene rings is 1. The lowest BCUT2D eigenvalue weighted by Crippen LogP contribution is -2.48. The molecule has 0 saturated carbocycles. The largest absolute Gasteiger partial charge is 0.394 e. The number of aliphatic hydroxyl groups is 1. The summed E-state index contributed by atoms with van der Waals surface area (Å²) in [4.78, 5) is 6.95. The molecule has 1 aliphatic heterocycles. The Morgan fingerprint density at radius 2 is 2.19 bits per heavy atom. The predicted molar refractivity (Wildman–Crippen MR) is 83.3 cm³/mol. The highest BCUT2D eigenvalue weighted by Gasteiger charge is 2.27. The van der Waals surface area contributed by atoms with Crippen LogP contribution >= 0.6 is 0 Å². The number of ether oxygens (including phenoxy) is 1. The van der Waals surface area contributed by atoms with Gasteiger partial charge < -0.3 is 20.5 Å². The van der Waals surface area contributed by atoms with Crippen molar-refractivity contribution in [2.24, 2.45) is 5.73 Å². The van der Waals surface area contributed by atoms with Gasteiger partial charge in [-0.3, -0.25) is 0 Å². The van der Waals surface area contributed by atoms with Gasteiger partial charge in [-0.1, -0.05) is 18.2 Å². The van der Waals surface area contributed by atoms with Crippen molar-refractivity contribution < 1.29 is 9.84 Å². The number of morpholine rings is 1. The number of hydrogen-bond acceptors (Lipinski definition) is 5. The fourth-order valence-electron chi connectivity index (χ4n) is 2.89. The Bertz CT molecular complexity index is 632. The van der Waals surface area contributed by atoms with Crippen LogP contribution in [0.1, 0.15) is 12.5 Å². The molecule has 2 unspecified atom stereocenters. The molecule has 0 spiro atoms. The summed E-state index contributed by atoms with van der Waals surface area (Å²) in [6, 6.07) is 10.1. The van der Waals surface area contributed by atoms with E-state index in [2.05, 4.69) is 11.0 Å². The van der Waals surface area contributed by atoms with Gasteiger partial charge in [-0.25, -0.2) is 4.98 Å². The summed E-state index contributed by atoms with van der Waals surface area (Å²) >= 11 is 0. The molecule has 1 aliphatic rings. The number of anilines is 1. The fourth-order valence-corrected chi connectivity index (χ4v) is 2.89. The van der Waals surface area contributed by atoms with Gasteiger partial charge in [0.2, 0.25) is 0 Å². The molecule has 2 atom stereocenters. The zero-order chi connectivity index (χ0) is 14.8. The van der Waals surface area contributed by atoms with Crippen molar-refractivity contribution in [1.29, 1.82) is 0 Å². The number of fused-ring (bicyclic) bond motifs is 1. The standard InChI is InChI=1S/C16H21N3O2/c1-11-8-19(9-14(10-20)21-11)16-13(7-17)6-12-4-2-3-5-15(12)18-16/h2-6,11,14,20H,7-10,17H2,1H3. The van der Waals surface area contributed by atoms with Gasteiger partial charge in [0, 0.05) is 30.6 Å². The summed E-state index contributed by atoms with van der Waals surface area (Å²) in [6.07, 6.45) is -0.109. The minimum atomic E-state index is -0.173. The number of pyridine rings is 1. The molecule has 1 aromatic carbocycles. The first-order chi connectivity index (χ1) is 10.2. The molecule has 21 heavy (non-hydrogen) atoms. The van der Waals surface area contributed by atoms with Crippen LogP contribution in [0.3, 0.4) is 0 Å². The van der Waals surface area contributed by atoms with Crippen LogP contribution in [0.25, 0.3) is 10.9 Å². The first-order valence-corrected chi connectivity index (χ1v) is 7.31. The maximum atomic E-state index is 9.37. The molecule has 1 fully saturated rings. The van der Waals surface area contributed by atoms with Crippen molar-refractivity contribution in [2.75, 3.05) is 24.6 Å². The van der Waals surface area contributed by atoms with Crippen LogP contribution in [0.15, 0.2) is 30.3 Å². The van der Waals surface area contributed by atoms with Crippen LogP contribution in [0.4, 0.5) is 5.82 Å². The first kappa shape index (κ1) is 14.3. The lowest BCUT2D eigenvalue weighted by molar-refractivity contribution is -0.0423. The minimum absolute atomic E-state index is 0.0202. The summed E-state index contributed by atoms with van der Waals surface area (Å²) in [6.45, 7) is 3.88. The van der Waals surface area contributed by atoms with Gasteiger partial charge >= 0.3 is 0 Å². The zero-order valence-corrected chi connectivity index (χ0v) is 12.2. The monoisotopic (exact) mass is 287 g/mol. The van der Waals surface area contributed by atoms with Crippen molar-refractivity contribution >= 4 is 16.7 Å². The highest BCUT2D eigenvalue weighted by Crippen LogP contribution is 2.26. The highest BCUT2D eigenvalue weighted by molar-refractivity contribution is 5.81. The van der Waals surface area contributed by atoms with Crippen molar-refractivity contribution in [3.8, 4) is 0 Å². The van der Waals surface area contributed by atoms with Crippen molar-refractivity contribution in [2.45, 2.75) is 25.7 Å². The molecule has 3 rings (SSSR count). The third kappa shape index (κ3) is 2.85. The molecule has 5 nitrogen and oxygen atoms in total. The van der Waals surface area contributed by atoms with Crippen LogP contribution in [0.2, 0.25) is 0 Å². The number of para-hydroxylation sites is 1. The van der Waals surface area contributed by atoms with Gasteiger partial charge in [0.05, 0.1) is 24.3 Å². The third-order valence-corrected chi connectivity index (χ3v) is 3.83. The van der Waals surface area contributed by atoms with E-state index in [1.54, 1.807) is 0 Å². The van der Waals surface area contributed by atoms with Gasteiger partial charge in [0.1, 0.15) is 5.82 Å². The van der Waals surface area contributed by atoms with Gasteiger partial charge in [-0.2, -0.15) is 0 Å². The van der Waals surface area contributed by atoms with Gasteiger partial charge in [-0.15, -0.1) is 0 Å². The molecule has 5 heteroatoms. The summed E-state index contributed by atoms with van der Waals surface area (Å²) in [5.74, 6) is 0.907. The van der Waals surface area contributed by atoms with Crippen LogP contribution in [-0.4, -0.2) is 42.0 Å². The van der Waals surface area contributed by atoms with E-state index in [9.17, 15) is 5.11 Å². The molecule has 0 aliphatic carbocycles. The molecule has 1 aromatic heterocycles. The SMILES string of the molecule is CC1CN(c2nc3ccccc3cc2CN)CC(CO)O1. The van der Waals surface area contributed by atoms with Crippen LogP contribution in [0, 0.1) is 0 Å². The number of aromatic nitrogens is 1. The van der Waals surface area contributed by atoms with Crippen molar-refractivity contribution in [1.82, 2.24) is 4.98 Å². The number of hydrogen-bond donors (Lipinski definition) is 2. The average Bonchev–Trinajstić information content (AvgIpc) is 2.52. The molecule has 2 aromatic rings. The summed E-state index contributed by atoms with van der Waals surface area (Å²) in [7, 11) is 0. The molecular weight excluding hydrogens is 266 g/mol. The average molecular weight is 287 g/mol. The van der Waals surface area contributed by atoms with Crippen molar-refractivity contribution in [3.63, 3.8) is 0 Å². The lowest BCUT2D eigenvalue weighted by Gasteiger charge is -2.37. The number of rotatable bonds is 3. The van der Waals surface area contributed by atoms with Crippen molar-refractivity contribution in [3.05, 3.63) is 35.9 Å². The molecule has 112 valence electrons. The lowest BCUT2D eigenvalue weighted by atomic mass is 10.1. The highest BCUT2D eigenvalue weighted by atomic mass is 16.5. The smallest absolute Gasteiger partial charge is 0.133 e. The van der Waals surface area contributed by atoms with E-state index in [4.69, 9.17) is 15.5 Å². The Morgan fingerprint density at radius 3 is 2.95 bits per heavy atom. The van der Waals surface area contributed by atoms with Crippen LogP contribution in [0.5, 0.6) is 0 Å². The number of nitrogens with two attached hydrogens (primary N) is 1. The minimum Gasteiger partial charge on any atom is -0.394 e. The quantitative estimate of drug-likeness (QED) is 0.890. The van der Waals surface area contributed by atoms with E-state index in [1.165, 1.54) is 0 Å². The Hall–Kier alpha value is -1.69. The second-order valence-corrected chi connectivity index (χ2v) is 5.52. The Balaban J connectivity index is 2.01. The zero-order valence-electron chi connectivity index (χ0n) is 12.2. The maximum absolute atomic E-state index is 9.37. The Kier molecular flexibility index (Phi) is 4.05. The summed E-state index contributed by atoms with van der Waals surface area (Å²) < 4.78 is 5.70. The molecule has 0 bridgehead atoms. The normalized spacial score (nSPS) is 22.7.